The SMILES string of the molecule is CC(NC1CCOC2(CCC2)C1)C(=O)N1CCOCC1. The quantitative estimate of drug-likeness (QED) is 0.836. The summed E-state index contributed by atoms with van der Waals surface area (Å²) in [5.41, 5.74) is 0.137. The third kappa shape index (κ3) is 3.00. The number of rotatable bonds is 3. The van der Waals surface area contributed by atoms with Crippen molar-refractivity contribution in [2.24, 2.45) is 0 Å². The molecule has 2 heterocycles. The Hall–Kier alpha value is -0.650. The molecule has 1 N–H and O–H groups in total. The average molecular weight is 282 g/mol. The number of nitrogens with one attached hydrogen (secondary N) is 1. The lowest BCUT2D eigenvalue weighted by atomic mass is 9.74. The van der Waals surface area contributed by atoms with Gasteiger partial charge in [-0.1, -0.05) is 0 Å². The van der Waals surface area contributed by atoms with Crippen molar-refractivity contribution in [3.8, 4) is 0 Å². The van der Waals surface area contributed by atoms with E-state index in [1.807, 2.05) is 11.8 Å². The van der Waals surface area contributed by atoms with E-state index in [9.17, 15) is 4.79 Å². The number of carbonyl (C=O) groups is 1. The largest absolute Gasteiger partial charge is 0.378 e. The van der Waals surface area contributed by atoms with Gasteiger partial charge in [0.1, 0.15) is 0 Å². The van der Waals surface area contributed by atoms with Gasteiger partial charge in [0.2, 0.25) is 5.91 Å². The highest BCUT2D eigenvalue weighted by atomic mass is 16.5. The lowest BCUT2D eigenvalue weighted by molar-refractivity contribution is -0.143. The molecule has 3 aliphatic rings. The number of hydrogen-bond donors (Lipinski definition) is 1. The van der Waals surface area contributed by atoms with Crippen molar-refractivity contribution >= 4 is 5.91 Å². The number of amides is 1. The van der Waals surface area contributed by atoms with Crippen LogP contribution in [0.15, 0.2) is 0 Å². The summed E-state index contributed by atoms with van der Waals surface area (Å²) in [4.78, 5) is 14.3. The highest BCUT2D eigenvalue weighted by Gasteiger charge is 2.43. The average Bonchev–Trinajstić information content (AvgIpc) is 2.46. The molecule has 0 aromatic carbocycles. The van der Waals surface area contributed by atoms with Crippen LogP contribution < -0.4 is 5.32 Å². The Morgan fingerprint density at radius 3 is 2.70 bits per heavy atom. The summed E-state index contributed by atoms with van der Waals surface area (Å²) < 4.78 is 11.2. The van der Waals surface area contributed by atoms with Crippen LogP contribution in [0.3, 0.4) is 0 Å². The number of morpholine rings is 1. The monoisotopic (exact) mass is 282 g/mol. The van der Waals surface area contributed by atoms with Crippen molar-refractivity contribution in [3.05, 3.63) is 0 Å². The lowest BCUT2D eigenvalue weighted by Crippen LogP contribution is -2.56. The zero-order valence-corrected chi connectivity index (χ0v) is 12.4. The van der Waals surface area contributed by atoms with E-state index in [4.69, 9.17) is 9.47 Å². The second-order valence-corrected chi connectivity index (χ2v) is 6.40. The Balaban J connectivity index is 1.50. The number of nitrogens with zero attached hydrogens (tertiary/aromatic N) is 1. The standard InChI is InChI=1S/C15H26N2O3/c1-12(14(18)17-6-9-19-10-7-17)16-13-3-8-20-15(11-13)4-2-5-15/h12-13,16H,2-11H2,1H3. The minimum Gasteiger partial charge on any atom is -0.378 e. The first-order valence-electron chi connectivity index (χ1n) is 7.95. The van der Waals surface area contributed by atoms with Gasteiger partial charge in [-0.25, -0.2) is 0 Å². The molecular formula is C15H26N2O3. The van der Waals surface area contributed by atoms with Gasteiger partial charge in [-0.05, 0) is 39.0 Å². The Morgan fingerprint density at radius 1 is 1.30 bits per heavy atom. The highest BCUT2D eigenvalue weighted by molar-refractivity contribution is 5.81. The van der Waals surface area contributed by atoms with Gasteiger partial charge in [0.25, 0.3) is 0 Å². The normalized spacial score (nSPS) is 30.9. The molecule has 3 fully saturated rings. The molecule has 0 aromatic heterocycles. The van der Waals surface area contributed by atoms with Crippen molar-refractivity contribution in [2.75, 3.05) is 32.9 Å². The van der Waals surface area contributed by atoms with E-state index in [0.29, 0.717) is 19.3 Å². The summed E-state index contributed by atoms with van der Waals surface area (Å²) in [7, 11) is 0. The molecule has 5 nitrogen and oxygen atoms in total. The minimum atomic E-state index is -0.103. The molecule has 2 unspecified atom stereocenters. The summed E-state index contributed by atoms with van der Waals surface area (Å²) in [6.45, 7) is 5.60. The van der Waals surface area contributed by atoms with Crippen LogP contribution in [0.5, 0.6) is 0 Å². The van der Waals surface area contributed by atoms with Crippen molar-refractivity contribution in [2.45, 2.75) is 56.7 Å². The van der Waals surface area contributed by atoms with Gasteiger partial charge < -0.3 is 19.7 Å². The first kappa shape index (κ1) is 14.3. The molecule has 1 amide bonds. The summed E-state index contributed by atoms with van der Waals surface area (Å²) >= 11 is 0. The van der Waals surface area contributed by atoms with Gasteiger partial charge in [0.15, 0.2) is 0 Å². The van der Waals surface area contributed by atoms with E-state index in [-0.39, 0.29) is 17.6 Å². The zero-order chi connectivity index (χ0) is 14.0. The predicted molar refractivity (Wildman–Crippen MR) is 75.6 cm³/mol. The van der Waals surface area contributed by atoms with Crippen LogP contribution in [0.2, 0.25) is 0 Å². The van der Waals surface area contributed by atoms with Crippen molar-refractivity contribution < 1.29 is 14.3 Å². The third-order valence-electron chi connectivity index (χ3n) is 4.94. The van der Waals surface area contributed by atoms with E-state index in [0.717, 1.165) is 32.5 Å². The molecule has 5 heteroatoms. The molecule has 114 valence electrons. The summed E-state index contributed by atoms with van der Waals surface area (Å²) in [6.07, 6.45) is 5.75. The fraction of sp³-hybridized carbons (Fsp3) is 0.933. The fourth-order valence-corrected chi connectivity index (χ4v) is 3.57. The second-order valence-electron chi connectivity index (χ2n) is 6.40. The summed E-state index contributed by atoms with van der Waals surface area (Å²) in [5, 5.41) is 3.53. The summed E-state index contributed by atoms with van der Waals surface area (Å²) in [6, 6.07) is 0.317. The first-order valence-corrected chi connectivity index (χ1v) is 7.95. The van der Waals surface area contributed by atoms with Gasteiger partial charge in [-0.2, -0.15) is 0 Å². The van der Waals surface area contributed by atoms with Crippen molar-refractivity contribution in [1.82, 2.24) is 10.2 Å². The maximum Gasteiger partial charge on any atom is 0.239 e. The van der Waals surface area contributed by atoms with E-state index < -0.39 is 0 Å². The van der Waals surface area contributed by atoms with Gasteiger partial charge in [0, 0.05) is 25.7 Å². The van der Waals surface area contributed by atoms with Crippen molar-refractivity contribution in [1.29, 1.82) is 0 Å². The molecule has 0 radical (unpaired) electrons. The number of ether oxygens (including phenoxy) is 2. The van der Waals surface area contributed by atoms with Gasteiger partial charge in [-0.15, -0.1) is 0 Å². The van der Waals surface area contributed by atoms with Gasteiger partial charge >= 0.3 is 0 Å². The Bertz CT molecular complexity index is 351. The number of hydrogen-bond acceptors (Lipinski definition) is 4. The van der Waals surface area contributed by atoms with Crippen LogP contribution >= 0.6 is 0 Å². The summed E-state index contributed by atoms with van der Waals surface area (Å²) in [5.74, 6) is 0.211. The first-order chi connectivity index (χ1) is 9.69. The molecule has 20 heavy (non-hydrogen) atoms. The van der Waals surface area contributed by atoms with E-state index in [1.54, 1.807) is 0 Å². The van der Waals surface area contributed by atoms with Crippen LogP contribution in [-0.4, -0.2) is 61.4 Å². The maximum atomic E-state index is 12.4. The molecular weight excluding hydrogens is 256 g/mol. The third-order valence-corrected chi connectivity index (χ3v) is 4.94. The molecule has 1 aliphatic carbocycles. The minimum absolute atomic E-state index is 0.103. The molecule has 0 bridgehead atoms. The zero-order valence-electron chi connectivity index (χ0n) is 12.4. The molecule has 2 atom stereocenters. The van der Waals surface area contributed by atoms with Gasteiger partial charge in [-0.3, -0.25) is 4.79 Å². The highest BCUT2D eigenvalue weighted by Crippen LogP contribution is 2.42. The maximum absolute atomic E-state index is 12.4. The van der Waals surface area contributed by atoms with Crippen LogP contribution in [0.1, 0.15) is 39.0 Å². The molecule has 0 aromatic rings. The van der Waals surface area contributed by atoms with E-state index >= 15 is 0 Å². The predicted octanol–water partition coefficient (Wildman–Crippen LogP) is 0.925. The van der Waals surface area contributed by atoms with Gasteiger partial charge in [0.05, 0.1) is 24.9 Å². The lowest BCUT2D eigenvalue weighted by Gasteiger charge is -2.47. The second kappa shape index (κ2) is 6.00. The van der Waals surface area contributed by atoms with Crippen LogP contribution in [0, 0.1) is 0 Å². The molecule has 1 saturated carbocycles. The van der Waals surface area contributed by atoms with E-state index in [1.165, 1.54) is 19.3 Å². The van der Waals surface area contributed by atoms with Crippen LogP contribution in [0.25, 0.3) is 0 Å². The van der Waals surface area contributed by atoms with Crippen molar-refractivity contribution in [3.63, 3.8) is 0 Å². The molecule has 1 spiro atoms. The fourth-order valence-electron chi connectivity index (χ4n) is 3.57. The Morgan fingerprint density at radius 2 is 2.05 bits per heavy atom. The van der Waals surface area contributed by atoms with Crippen LogP contribution in [0.4, 0.5) is 0 Å². The molecule has 3 rings (SSSR count). The smallest absolute Gasteiger partial charge is 0.239 e. The molecule has 2 saturated heterocycles. The topological polar surface area (TPSA) is 50.8 Å². The Kier molecular flexibility index (Phi) is 4.29. The Labute approximate surface area is 121 Å². The molecule has 2 aliphatic heterocycles. The number of carbonyl (C=O) groups excluding carboxylic acids is 1. The van der Waals surface area contributed by atoms with E-state index in [2.05, 4.69) is 5.32 Å². The van der Waals surface area contributed by atoms with Crippen LogP contribution in [-0.2, 0) is 14.3 Å².